The van der Waals surface area contributed by atoms with E-state index in [1.165, 1.54) is 12.1 Å². The number of hydrogen-bond donors (Lipinski definition) is 1. The van der Waals surface area contributed by atoms with E-state index in [4.69, 9.17) is 4.74 Å². The van der Waals surface area contributed by atoms with Gasteiger partial charge in [0, 0.05) is 12.1 Å². The van der Waals surface area contributed by atoms with Gasteiger partial charge in [0.25, 0.3) is 0 Å². The summed E-state index contributed by atoms with van der Waals surface area (Å²) in [6, 6.07) is 6.31. The van der Waals surface area contributed by atoms with Gasteiger partial charge in [0.15, 0.2) is 6.23 Å². The second-order valence-electron chi connectivity index (χ2n) is 3.65. The highest BCUT2D eigenvalue weighted by Gasteiger charge is 2.13. The fourth-order valence-corrected chi connectivity index (χ4v) is 1.60. The Balaban J connectivity index is 1.97. The average molecular weight is 207 g/mol. The maximum Gasteiger partial charge on any atom is 0.169 e. The fourth-order valence-electron chi connectivity index (χ4n) is 1.60. The summed E-state index contributed by atoms with van der Waals surface area (Å²) >= 11 is 0. The van der Waals surface area contributed by atoms with Gasteiger partial charge < -0.3 is 10.1 Å². The van der Waals surface area contributed by atoms with Gasteiger partial charge in [0.1, 0.15) is 5.82 Å². The molecule has 80 valence electrons. The first-order valence-electron chi connectivity index (χ1n) is 5.09. The molecule has 1 N–H and O–H groups in total. The molecule has 1 unspecified atom stereocenters. The summed E-state index contributed by atoms with van der Waals surface area (Å²) in [6.07, 6.45) is 4.03. The predicted octanol–water partition coefficient (Wildman–Crippen LogP) is 3.28. The SMILES string of the molecule is CC1=CCCC(Nc2ccc(F)cc2)O1. The van der Waals surface area contributed by atoms with E-state index in [2.05, 4.69) is 11.4 Å². The number of halogens is 1. The third-order valence-electron chi connectivity index (χ3n) is 2.36. The van der Waals surface area contributed by atoms with Crippen molar-refractivity contribution < 1.29 is 9.13 Å². The molecule has 0 aromatic heterocycles. The van der Waals surface area contributed by atoms with Crippen LogP contribution in [-0.4, -0.2) is 6.23 Å². The Morgan fingerprint density at radius 3 is 2.73 bits per heavy atom. The maximum atomic E-state index is 12.7. The number of nitrogens with one attached hydrogen (secondary N) is 1. The summed E-state index contributed by atoms with van der Waals surface area (Å²) in [7, 11) is 0. The Morgan fingerprint density at radius 2 is 2.07 bits per heavy atom. The molecule has 0 radical (unpaired) electrons. The molecule has 1 aromatic carbocycles. The summed E-state index contributed by atoms with van der Waals surface area (Å²) in [5, 5.41) is 3.21. The van der Waals surface area contributed by atoms with Crippen LogP contribution in [0.25, 0.3) is 0 Å². The molecule has 1 atom stereocenters. The Bertz CT molecular complexity index is 358. The number of anilines is 1. The second-order valence-corrected chi connectivity index (χ2v) is 3.65. The molecule has 0 spiro atoms. The molecule has 0 saturated carbocycles. The molecule has 3 heteroatoms. The first-order chi connectivity index (χ1) is 7.24. The smallest absolute Gasteiger partial charge is 0.169 e. The number of benzene rings is 1. The lowest BCUT2D eigenvalue weighted by atomic mass is 10.2. The Kier molecular flexibility index (Phi) is 2.90. The summed E-state index contributed by atoms with van der Waals surface area (Å²) in [5.74, 6) is 0.724. The fraction of sp³-hybridized carbons (Fsp3) is 0.333. The van der Waals surface area contributed by atoms with E-state index >= 15 is 0 Å². The van der Waals surface area contributed by atoms with Crippen molar-refractivity contribution in [3.8, 4) is 0 Å². The molecule has 0 fully saturated rings. The highest BCUT2D eigenvalue weighted by Crippen LogP contribution is 2.19. The van der Waals surface area contributed by atoms with Gasteiger partial charge in [-0.2, -0.15) is 0 Å². The van der Waals surface area contributed by atoms with Gasteiger partial charge in [0.2, 0.25) is 0 Å². The minimum Gasteiger partial charge on any atom is -0.476 e. The molecular weight excluding hydrogens is 193 g/mol. The van der Waals surface area contributed by atoms with Crippen LogP contribution in [0, 0.1) is 5.82 Å². The van der Waals surface area contributed by atoms with Crippen LogP contribution >= 0.6 is 0 Å². The van der Waals surface area contributed by atoms with Crippen LogP contribution in [0.2, 0.25) is 0 Å². The van der Waals surface area contributed by atoms with Crippen LogP contribution in [0.1, 0.15) is 19.8 Å². The average Bonchev–Trinajstić information content (AvgIpc) is 2.22. The van der Waals surface area contributed by atoms with E-state index in [1.807, 2.05) is 6.92 Å². The monoisotopic (exact) mass is 207 g/mol. The van der Waals surface area contributed by atoms with Crippen molar-refractivity contribution in [2.45, 2.75) is 26.0 Å². The minimum atomic E-state index is -0.221. The molecule has 2 nitrogen and oxygen atoms in total. The molecule has 1 aliphatic heterocycles. The highest BCUT2D eigenvalue weighted by atomic mass is 19.1. The number of allylic oxidation sites excluding steroid dienone is 2. The maximum absolute atomic E-state index is 12.7. The zero-order chi connectivity index (χ0) is 10.7. The molecule has 1 aliphatic rings. The zero-order valence-electron chi connectivity index (χ0n) is 8.66. The van der Waals surface area contributed by atoms with Gasteiger partial charge >= 0.3 is 0 Å². The van der Waals surface area contributed by atoms with Gasteiger partial charge in [-0.3, -0.25) is 0 Å². The molecule has 15 heavy (non-hydrogen) atoms. The Labute approximate surface area is 88.8 Å². The Morgan fingerprint density at radius 1 is 1.33 bits per heavy atom. The molecular formula is C12H14FNO. The van der Waals surface area contributed by atoms with Crippen LogP contribution in [0.5, 0.6) is 0 Å². The van der Waals surface area contributed by atoms with Crippen molar-refractivity contribution in [2.75, 3.05) is 5.32 Å². The van der Waals surface area contributed by atoms with Crippen LogP contribution in [0.15, 0.2) is 36.1 Å². The quantitative estimate of drug-likeness (QED) is 0.803. The second kappa shape index (κ2) is 4.34. The molecule has 1 heterocycles. The topological polar surface area (TPSA) is 21.3 Å². The van der Waals surface area contributed by atoms with E-state index in [1.54, 1.807) is 12.1 Å². The van der Waals surface area contributed by atoms with E-state index in [9.17, 15) is 4.39 Å². The van der Waals surface area contributed by atoms with Crippen LogP contribution in [-0.2, 0) is 4.74 Å². The summed E-state index contributed by atoms with van der Waals surface area (Å²) < 4.78 is 18.2. The predicted molar refractivity (Wildman–Crippen MR) is 57.9 cm³/mol. The van der Waals surface area contributed by atoms with Crippen molar-refractivity contribution in [2.24, 2.45) is 0 Å². The molecule has 0 aliphatic carbocycles. The largest absolute Gasteiger partial charge is 0.476 e. The van der Waals surface area contributed by atoms with Gasteiger partial charge in [-0.05, 0) is 43.7 Å². The van der Waals surface area contributed by atoms with Gasteiger partial charge in [-0.25, -0.2) is 4.39 Å². The standard InChI is InChI=1S/C12H14FNO/c1-9-3-2-4-12(15-9)14-11-7-5-10(13)6-8-11/h3,5-8,12,14H,2,4H2,1H3. The lowest BCUT2D eigenvalue weighted by Crippen LogP contribution is -2.24. The summed E-state index contributed by atoms with van der Waals surface area (Å²) in [6.45, 7) is 1.94. The van der Waals surface area contributed by atoms with Crippen molar-refractivity contribution in [1.29, 1.82) is 0 Å². The summed E-state index contributed by atoms with van der Waals surface area (Å²) in [5.41, 5.74) is 0.885. The van der Waals surface area contributed by atoms with Gasteiger partial charge in [-0.1, -0.05) is 0 Å². The number of rotatable bonds is 2. The first-order valence-corrected chi connectivity index (χ1v) is 5.09. The van der Waals surface area contributed by atoms with Crippen molar-refractivity contribution in [3.63, 3.8) is 0 Å². The van der Waals surface area contributed by atoms with Crippen LogP contribution in [0.3, 0.4) is 0 Å². The normalized spacial score (nSPS) is 20.4. The minimum absolute atomic E-state index is 0.000427. The van der Waals surface area contributed by atoms with Crippen molar-refractivity contribution in [1.82, 2.24) is 0 Å². The summed E-state index contributed by atoms with van der Waals surface area (Å²) in [4.78, 5) is 0. The van der Waals surface area contributed by atoms with Crippen molar-refractivity contribution >= 4 is 5.69 Å². The molecule has 0 amide bonds. The number of hydrogen-bond acceptors (Lipinski definition) is 2. The van der Waals surface area contributed by atoms with Crippen LogP contribution in [0.4, 0.5) is 10.1 Å². The lowest BCUT2D eigenvalue weighted by Gasteiger charge is -2.24. The number of ether oxygens (including phenoxy) is 1. The highest BCUT2D eigenvalue weighted by molar-refractivity contribution is 5.43. The van der Waals surface area contributed by atoms with E-state index in [0.29, 0.717) is 0 Å². The van der Waals surface area contributed by atoms with Crippen LogP contribution < -0.4 is 5.32 Å². The van der Waals surface area contributed by atoms with Gasteiger partial charge in [-0.15, -0.1) is 0 Å². The van der Waals surface area contributed by atoms with Gasteiger partial charge in [0.05, 0.1) is 5.76 Å². The van der Waals surface area contributed by atoms with E-state index in [0.717, 1.165) is 24.3 Å². The Hall–Kier alpha value is -1.51. The third kappa shape index (κ3) is 2.72. The van der Waals surface area contributed by atoms with E-state index in [-0.39, 0.29) is 12.0 Å². The van der Waals surface area contributed by atoms with Crippen molar-refractivity contribution in [3.05, 3.63) is 41.9 Å². The molecule has 1 aromatic rings. The molecule has 0 saturated heterocycles. The lowest BCUT2D eigenvalue weighted by molar-refractivity contribution is 0.119. The van der Waals surface area contributed by atoms with E-state index < -0.39 is 0 Å². The molecule has 0 bridgehead atoms. The molecule has 2 rings (SSSR count). The zero-order valence-corrected chi connectivity index (χ0v) is 8.66. The first kappa shape index (κ1) is 10.0. The third-order valence-corrected chi connectivity index (χ3v) is 2.36.